The van der Waals surface area contributed by atoms with Crippen LogP contribution in [0.4, 0.5) is 11.4 Å². The van der Waals surface area contributed by atoms with E-state index >= 15 is 0 Å². The van der Waals surface area contributed by atoms with Crippen LogP contribution in [0.25, 0.3) is 0 Å². The number of ether oxygens (including phenoxy) is 1. The largest absolute Gasteiger partial charge is 0.483 e. The third-order valence-corrected chi connectivity index (χ3v) is 12.3. The highest BCUT2D eigenvalue weighted by Crippen LogP contribution is 2.69. The number of aromatic nitrogens is 1. The molecule has 44 heavy (non-hydrogen) atoms. The molecule has 222 valence electrons. The van der Waals surface area contributed by atoms with Gasteiger partial charge in [-0.1, -0.05) is 59.3 Å². The Bertz CT molecular complexity index is 1860. The number of nitrogens with one attached hydrogen (secondary N) is 2. The first-order chi connectivity index (χ1) is 21.4. The zero-order valence-corrected chi connectivity index (χ0v) is 25.5. The molecule has 3 heterocycles. The fourth-order valence-electron chi connectivity index (χ4n) is 7.95. The van der Waals surface area contributed by atoms with Crippen molar-refractivity contribution in [1.82, 2.24) is 4.98 Å². The fourth-order valence-corrected chi connectivity index (χ4v) is 11.0. The molecule has 8 rings (SSSR count). The van der Waals surface area contributed by atoms with E-state index in [2.05, 4.69) is 10.3 Å². The van der Waals surface area contributed by atoms with Crippen LogP contribution in [0.1, 0.15) is 22.8 Å². The number of thioether (sulfide) groups is 1. The zero-order valence-electron chi connectivity index (χ0n) is 23.1. The number of rotatable bonds is 6. The molecular weight excluding hydrogens is 618 g/mol. The predicted molar refractivity (Wildman–Crippen MR) is 169 cm³/mol. The molecule has 2 N–H and O–H groups in total. The number of carbonyl (C=O) groups is 3. The lowest BCUT2D eigenvalue weighted by Crippen LogP contribution is -2.42. The van der Waals surface area contributed by atoms with Gasteiger partial charge in [0.2, 0.25) is 11.8 Å². The predicted octanol–water partition coefficient (Wildman–Crippen LogP) is 5.79. The molecule has 1 aromatic heterocycles. The van der Waals surface area contributed by atoms with E-state index in [0.717, 1.165) is 33.2 Å². The summed E-state index contributed by atoms with van der Waals surface area (Å²) in [4.78, 5) is 58.4. The lowest BCUT2D eigenvalue weighted by Gasteiger charge is -2.43. The van der Waals surface area contributed by atoms with Gasteiger partial charge in [0.25, 0.3) is 5.91 Å². The Morgan fingerprint density at radius 1 is 0.955 bits per heavy atom. The van der Waals surface area contributed by atoms with Gasteiger partial charge in [-0.15, -0.1) is 11.8 Å². The number of fused-ring (bicyclic) bond motifs is 9. The average Bonchev–Trinajstić information content (AvgIpc) is 3.76. The summed E-state index contributed by atoms with van der Waals surface area (Å²) < 4.78 is 6.14. The molecule has 3 amide bonds. The second-order valence-corrected chi connectivity index (χ2v) is 14.3. The molecule has 2 bridgehead atoms. The minimum atomic E-state index is -0.422. The summed E-state index contributed by atoms with van der Waals surface area (Å²) >= 11 is 9.35. The van der Waals surface area contributed by atoms with E-state index in [4.69, 9.17) is 16.3 Å². The Kier molecular flexibility index (Phi) is 6.69. The minimum Gasteiger partial charge on any atom is -0.483 e. The zero-order chi connectivity index (χ0) is 30.1. The summed E-state index contributed by atoms with van der Waals surface area (Å²) in [5.74, 6) is -1.28. The van der Waals surface area contributed by atoms with Crippen molar-refractivity contribution < 1.29 is 19.1 Å². The first-order valence-electron chi connectivity index (χ1n) is 14.5. The summed E-state index contributed by atoms with van der Waals surface area (Å²) in [6.07, 6.45) is 0.768. The van der Waals surface area contributed by atoms with E-state index in [-0.39, 0.29) is 64.0 Å². The maximum absolute atomic E-state index is 14.0. The molecule has 4 aromatic rings. The molecule has 11 heteroatoms. The summed E-state index contributed by atoms with van der Waals surface area (Å²) in [5.41, 5.74) is 2.05. The topological polar surface area (TPSA) is 109 Å². The van der Waals surface area contributed by atoms with Gasteiger partial charge in [-0.3, -0.25) is 24.1 Å². The first kappa shape index (κ1) is 27.7. The van der Waals surface area contributed by atoms with Gasteiger partial charge in [0.05, 0.1) is 22.5 Å². The normalized spacial score (nSPS) is 28.0. The summed E-state index contributed by atoms with van der Waals surface area (Å²) in [7, 11) is 0. The number of nitrogens with zero attached hydrogens (tertiary/aromatic N) is 1. The maximum atomic E-state index is 14.0. The van der Waals surface area contributed by atoms with Gasteiger partial charge in [-0.2, -0.15) is 0 Å². The van der Waals surface area contributed by atoms with Crippen molar-refractivity contribution in [1.29, 1.82) is 0 Å². The van der Waals surface area contributed by atoms with E-state index in [9.17, 15) is 19.2 Å². The number of aromatic amines is 1. The monoisotopic (exact) mass is 643 g/mol. The standard InChI is InChI=1S/C33H26ClN3O5S2/c34-16-11-12-22(42-15-23(38)35-17-7-3-1-4-8-17)19(13-16)24-25-20-14-21(28(25)43-30-29(24)44-33(41)36-30)27-26(20)31(39)37(32(27)40)18-9-5-2-6-10-18/h1-13,20-21,24-28H,14-15H2,(H,35,38)(H,36,41)/t20-,21-,24-,25?,26?,27?,28?/m1/s1. The SMILES string of the molecule is O=C(COc1ccc(Cl)cc1[C@H]1c2sc(=O)[nH]c2SC2C1[C@H]1C[C@@H]2C2C(=O)N(c3ccccc3)C(=O)C21)Nc1ccccc1. The Labute approximate surface area is 265 Å². The van der Waals surface area contributed by atoms with E-state index in [1.165, 1.54) is 4.90 Å². The van der Waals surface area contributed by atoms with Gasteiger partial charge in [-0.25, -0.2) is 0 Å². The van der Waals surface area contributed by atoms with Crippen LogP contribution in [0.2, 0.25) is 5.02 Å². The molecule has 2 saturated carbocycles. The van der Waals surface area contributed by atoms with Gasteiger partial charge in [-0.05, 0) is 66.6 Å². The van der Waals surface area contributed by atoms with Gasteiger partial charge in [0.15, 0.2) is 6.61 Å². The number of carbonyl (C=O) groups excluding carboxylic acids is 3. The number of para-hydroxylation sites is 2. The fraction of sp³-hybridized carbons (Fsp3) is 0.273. The highest BCUT2D eigenvalue weighted by atomic mass is 35.5. The smallest absolute Gasteiger partial charge is 0.305 e. The van der Waals surface area contributed by atoms with Crippen molar-refractivity contribution in [2.24, 2.45) is 29.6 Å². The Morgan fingerprint density at radius 3 is 2.41 bits per heavy atom. The molecule has 3 aromatic carbocycles. The summed E-state index contributed by atoms with van der Waals surface area (Å²) in [5, 5.41) is 4.15. The van der Waals surface area contributed by atoms with Crippen molar-refractivity contribution in [3.05, 3.63) is 104 Å². The Hall–Kier alpha value is -3.86. The second-order valence-electron chi connectivity index (χ2n) is 11.7. The second kappa shape index (κ2) is 10.6. The van der Waals surface area contributed by atoms with Crippen LogP contribution < -0.4 is 19.8 Å². The number of thiazole rings is 1. The quantitative estimate of drug-likeness (QED) is 0.258. The van der Waals surface area contributed by atoms with Crippen LogP contribution in [0.15, 0.2) is 88.7 Å². The summed E-state index contributed by atoms with van der Waals surface area (Å²) in [6, 6.07) is 23.6. The van der Waals surface area contributed by atoms with Gasteiger partial charge < -0.3 is 15.0 Å². The van der Waals surface area contributed by atoms with Gasteiger partial charge in [0.1, 0.15) is 5.75 Å². The molecule has 2 aliphatic heterocycles. The Balaban J connectivity index is 1.16. The number of amides is 3. The molecule has 4 aliphatic rings. The van der Waals surface area contributed by atoms with E-state index in [0.29, 0.717) is 22.1 Å². The molecular formula is C33H26ClN3O5S2. The van der Waals surface area contributed by atoms with Crippen LogP contribution in [0, 0.1) is 29.6 Å². The van der Waals surface area contributed by atoms with Crippen molar-refractivity contribution in [3.8, 4) is 5.75 Å². The number of halogens is 1. The molecule has 7 atom stereocenters. The molecule has 0 radical (unpaired) electrons. The molecule has 3 fully saturated rings. The maximum Gasteiger partial charge on any atom is 0.305 e. The molecule has 2 aliphatic carbocycles. The highest BCUT2D eigenvalue weighted by Gasteiger charge is 2.69. The lowest BCUT2D eigenvalue weighted by molar-refractivity contribution is -0.123. The van der Waals surface area contributed by atoms with E-state index in [1.54, 1.807) is 48.2 Å². The number of benzene rings is 3. The van der Waals surface area contributed by atoms with Crippen LogP contribution in [-0.2, 0) is 14.4 Å². The van der Waals surface area contributed by atoms with Crippen LogP contribution in [0.3, 0.4) is 0 Å². The highest BCUT2D eigenvalue weighted by molar-refractivity contribution is 8.00. The third kappa shape index (κ3) is 4.34. The van der Waals surface area contributed by atoms with Crippen molar-refractivity contribution >= 4 is 63.8 Å². The molecule has 4 unspecified atom stereocenters. The van der Waals surface area contributed by atoms with Crippen LogP contribution in [0.5, 0.6) is 5.75 Å². The molecule has 1 saturated heterocycles. The van der Waals surface area contributed by atoms with Crippen molar-refractivity contribution in [3.63, 3.8) is 0 Å². The van der Waals surface area contributed by atoms with Crippen molar-refractivity contribution in [2.75, 3.05) is 16.8 Å². The van der Waals surface area contributed by atoms with E-state index in [1.807, 2.05) is 42.5 Å². The van der Waals surface area contributed by atoms with Crippen LogP contribution >= 0.6 is 34.7 Å². The number of hydrogen-bond acceptors (Lipinski definition) is 7. The molecule has 0 spiro atoms. The Morgan fingerprint density at radius 2 is 1.66 bits per heavy atom. The van der Waals surface area contributed by atoms with Gasteiger partial charge >= 0.3 is 4.87 Å². The minimum absolute atomic E-state index is 0.00980. The third-order valence-electron chi connectivity index (χ3n) is 9.46. The average molecular weight is 644 g/mol. The summed E-state index contributed by atoms with van der Waals surface area (Å²) in [6.45, 7) is -0.217. The molecule has 8 nitrogen and oxygen atoms in total. The first-order valence-corrected chi connectivity index (χ1v) is 16.6. The van der Waals surface area contributed by atoms with E-state index < -0.39 is 5.92 Å². The number of anilines is 2. The van der Waals surface area contributed by atoms with Crippen LogP contribution in [-0.4, -0.2) is 34.6 Å². The van der Waals surface area contributed by atoms with Gasteiger partial charge in [0, 0.05) is 32.3 Å². The number of imide groups is 1. The lowest BCUT2D eigenvalue weighted by atomic mass is 9.68. The van der Waals surface area contributed by atoms with Crippen molar-refractivity contribution in [2.45, 2.75) is 22.6 Å². The number of H-pyrrole nitrogens is 1. The number of hydrogen-bond donors (Lipinski definition) is 2.